The fraction of sp³-hybridized carbons (Fsp3) is 0.636. The van der Waals surface area contributed by atoms with Gasteiger partial charge in [0.25, 0.3) is 5.91 Å². The monoisotopic (exact) mass is 225 g/mol. The lowest BCUT2D eigenvalue weighted by atomic mass is 10.1. The first kappa shape index (κ1) is 12.7. The number of rotatable bonds is 6. The Kier molecular flexibility index (Phi) is 4.98. The largest absolute Gasteiger partial charge is 0.396 e. The predicted octanol–water partition coefficient (Wildman–Crippen LogP) is 0.558. The van der Waals surface area contributed by atoms with E-state index in [1.807, 2.05) is 6.92 Å². The highest BCUT2D eigenvalue weighted by molar-refractivity contribution is 5.93. The molecule has 1 aromatic rings. The van der Waals surface area contributed by atoms with Gasteiger partial charge in [0, 0.05) is 26.4 Å². The maximum Gasteiger partial charge on any atom is 0.254 e. The molecule has 0 bridgehead atoms. The lowest BCUT2D eigenvalue weighted by Gasteiger charge is -2.07. The maximum atomic E-state index is 11.6. The summed E-state index contributed by atoms with van der Waals surface area (Å²) in [6, 6.07) is 0. The summed E-state index contributed by atoms with van der Waals surface area (Å²) in [4.78, 5) is 11.6. The summed E-state index contributed by atoms with van der Waals surface area (Å²) in [6.07, 6.45) is 5.04. The van der Waals surface area contributed by atoms with Gasteiger partial charge in [-0.2, -0.15) is 5.10 Å². The van der Waals surface area contributed by atoms with Crippen molar-refractivity contribution in [3.63, 3.8) is 0 Å². The van der Waals surface area contributed by atoms with E-state index in [0.29, 0.717) is 18.0 Å². The molecule has 5 nitrogen and oxygen atoms in total. The van der Waals surface area contributed by atoms with Crippen LogP contribution in [0.5, 0.6) is 0 Å². The molecular weight excluding hydrogens is 206 g/mol. The van der Waals surface area contributed by atoms with Crippen LogP contribution >= 0.6 is 0 Å². The predicted molar refractivity (Wildman–Crippen MR) is 61.0 cm³/mol. The Balaban J connectivity index is 2.21. The van der Waals surface area contributed by atoms with Gasteiger partial charge in [-0.05, 0) is 18.8 Å². The zero-order chi connectivity index (χ0) is 12.0. The third kappa shape index (κ3) is 4.02. The van der Waals surface area contributed by atoms with Crippen LogP contribution in [0.25, 0.3) is 0 Å². The van der Waals surface area contributed by atoms with Crippen molar-refractivity contribution in [1.82, 2.24) is 15.1 Å². The van der Waals surface area contributed by atoms with Crippen molar-refractivity contribution < 1.29 is 9.90 Å². The molecule has 0 aromatic carbocycles. The van der Waals surface area contributed by atoms with Crippen molar-refractivity contribution >= 4 is 5.91 Å². The first-order chi connectivity index (χ1) is 7.63. The molecule has 0 spiro atoms. The summed E-state index contributed by atoms with van der Waals surface area (Å²) >= 11 is 0. The van der Waals surface area contributed by atoms with Crippen LogP contribution in [-0.4, -0.2) is 33.9 Å². The molecular formula is C11H19N3O2. The van der Waals surface area contributed by atoms with Crippen LogP contribution in [0.15, 0.2) is 12.4 Å². The zero-order valence-corrected chi connectivity index (χ0v) is 9.81. The van der Waals surface area contributed by atoms with Crippen LogP contribution in [0.3, 0.4) is 0 Å². The summed E-state index contributed by atoms with van der Waals surface area (Å²) in [5.74, 6) is 0.208. The van der Waals surface area contributed by atoms with E-state index in [-0.39, 0.29) is 12.5 Å². The fourth-order valence-electron chi connectivity index (χ4n) is 1.38. The second-order valence-electron chi connectivity index (χ2n) is 4.09. The number of carbonyl (C=O) groups is 1. The molecule has 0 aliphatic carbocycles. The minimum Gasteiger partial charge on any atom is -0.396 e. The first-order valence-corrected chi connectivity index (χ1v) is 5.51. The van der Waals surface area contributed by atoms with Crippen molar-refractivity contribution in [2.24, 2.45) is 13.0 Å². The van der Waals surface area contributed by atoms with Crippen molar-refractivity contribution in [1.29, 1.82) is 0 Å². The first-order valence-electron chi connectivity index (χ1n) is 5.51. The standard InChI is InChI=1S/C11H19N3O2/c1-9(8-15)4-3-5-12-11(16)10-6-13-14(2)7-10/h6-7,9,15H,3-5,8H2,1-2H3,(H,12,16). The van der Waals surface area contributed by atoms with E-state index < -0.39 is 0 Å². The number of aliphatic hydroxyl groups is 1. The van der Waals surface area contributed by atoms with Crippen molar-refractivity contribution in [3.05, 3.63) is 18.0 Å². The topological polar surface area (TPSA) is 67.2 Å². The van der Waals surface area contributed by atoms with E-state index in [4.69, 9.17) is 5.11 Å². The van der Waals surface area contributed by atoms with Crippen LogP contribution in [-0.2, 0) is 7.05 Å². The molecule has 0 radical (unpaired) electrons. The minimum absolute atomic E-state index is 0.0928. The van der Waals surface area contributed by atoms with Gasteiger partial charge in [0.2, 0.25) is 0 Å². The van der Waals surface area contributed by atoms with E-state index in [2.05, 4.69) is 10.4 Å². The van der Waals surface area contributed by atoms with E-state index in [1.54, 1.807) is 24.1 Å². The van der Waals surface area contributed by atoms with Crippen LogP contribution in [0.1, 0.15) is 30.1 Å². The number of nitrogens with zero attached hydrogens (tertiary/aromatic N) is 2. The van der Waals surface area contributed by atoms with Gasteiger partial charge < -0.3 is 10.4 Å². The number of nitrogens with one attached hydrogen (secondary N) is 1. The second-order valence-corrected chi connectivity index (χ2v) is 4.09. The quantitative estimate of drug-likeness (QED) is 0.695. The average Bonchev–Trinajstić information content (AvgIpc) is 2.70. The highest BCUT2D eigenvalue weighted by atomic mass is 16.3. The number of hydrogen-bond acceptors (Lipinski definition) is 3. The molecule has 1 amide bonds. The van der Waals surface area contributed by atoms with E-state index in [9.17, 15) is 4.79 Å². The molecule has 0 aliphatic heterocycles. The van der Waals surface area contributed by atoms with E-state index in [0.717, 1.165) is 12.8 Å². The van der Waals surface area contributed by atoms with Crippen molar-refractivity contribution in [2.45, 2.75) is 19.8 Å². The summed E-state index contributed by atoms with van der Waals surface area (Å²) in [7, 11) is 1.78. The third-order valence-corrected chi connectivity index (χ3v) is 2.44. The molecule has 0 saturated carbocycles. The van der Waals surface area contributed by atoms with Crippen LogP contribution in [0.2, 0.25) is 0 Å². The summed E-state index contributed by atoms with van der Waals surface area (Å²) < 4.78 is 1.60. The molecule has 1 atom stereocenters. The number of hydrogen-bond donors (Lipinski definition) is 2. The van der Waals surface area contributed by atoms with E-state index in [1.165, 1.54) is 0 Å². The Labute approximate surface area is 95.5 Å². The minimum atomic E-state index is -0.0928. The second kappa shape index (κ2) is 6.27. The Hall–Kier alpha value is -1.36. The molecule has 1 unspecified atom stereocenters. The van der Waals surface area contributed by atoms with Crippen LogP contribution < -0.4 is 5.32 Å². The molecule has 0 fully saturated rings. The lowest BCUT2D eigenvalue weighted by Crippen LogP contribution is -2.24. The molecule has 0 saturated heterocycles. The smallest absolute Gasteiger partial charge is 0.254 e. The Morgan fingerprint density at radius 2 is 2.44 bits per heavy atom. The van der Waals surface area contributed by atoms with E-state index >= 15 is 0 Å². The van der Waals surface area contributed by atoms with Gasteiger partial charge in [-0.3, -0.25) is 9.48 Å². The number of aryl methyl sites for hydroxylation is 1. The number of amides is 1. The summed E-state index contributed by atoms with van der Waals surface area (Å²) in [6.45, 7) is 2.83. The molecule has 1 heterocycles. The Bertz CT molecular complexity index is 336. The number of carbonyl (C=O) groups excluding carboxylic acids is 1. The lowest BCUT2D eigenvalue weighted by molar-refractivity contribution is 0.0952. The van der Waals surface area contributed by atoms with Crippen LogP contribution in [0, 0.1) is 5.92 Å². The highest BCUT2D eigenvalue weighted by Crippen LogP contribution is 2.03. The average molecular weight is 225 g/mol. The summed E-state index contributed by atoms with van der Waals surface area (Å²) in [5, 5.41) is 15.6. The molecule has 0 aliphatic rings. The molecule has 1 rings (SSSR count). The molecule has 2 N–H and O–H groups in total. The number of aromatic nitrogens is 2. The molecule has 5 heteroatoms. The normalized spacial score (nSPS) is 12.4. The molecule has 16 heavy (non-hydrogen) atoms. The maximum absolute atomic E-state index is 11.6. The van der Waals surface area contributed by atoms with Crippen molar-refractivity contribution in [3.8, 4) is 0 Å². The van der Waals surface area contributed by atoms with Crippen LogP contribution in [0.4, 0.5) is 0 Å². The van der Waals surface area contributed by atoms with Gasteiger partial charge in [0.15, 0.2) is 0 Å². The Morgan fingerprint density at radius 3 is 3.00 bits per heavy atom. The van der Waals surface area contributed by atoms with Gasteiger partial charge >= 0.3 is 0 Å². The van der Waals surface area contributed by atoms with Gasteiger partial charge in [-0.15, -0.1) is 0 Å². The Morgan fingerprint density at radius 1 is 1.69 bits per heavy atom. The van der Waals surface area contributed by atoms with Gasteiger partial charge in [0.1, 0.15) is 0 Å². The van der Waals surface area contributed by atoms with Gasteiger partial charge in [-0.25, -0.2) is 0 Å². The van der Waals surface area contributed by atoms with Crippen molar-refractivity contribution in [2.75, 3.05) is 13.2 Å². The van der Waals surface area contributed by atoms with Gasteiger partial charge in [0.05, 0.1) is 11.8 Å². The molecule has 1 aromatic heterocycles. The molecule has 90 valence electrons. The highest BCUT2D eigenvalue weighted by Gasteiger charge is 2.06. The zero-order valence-electron chi connectivity index (χ0n) is 9.81. The summed E-state index contributed by atoms with van der Waals surface area (Å²) in [5.41, 5.74) is 0.581. The third-order valence-electron chi connectivity index (χ3n) is 2.44. The SMILES string of the molecule is CC(CO)CCCNC(=O)c1cnn(C)c1. The number of aliphatic hydroxyl groups excluding tert-OH is 1. The van der Waals surface area contributed by atoms with Gasteiger partial charge in [-0.1, -0.05) is 6.92 Å². The fourth-order valence-corrected chi connectivity index (χ4v) is 1.38.